The second kappa shape index (κ2) is 4.15. The van der Waals surface area contributed by atoms with Gasteiger partial charge in [-0.15, -0.1) is 0 Å². The zero-order valence-corrected chi connectivity index (χ0v) is 11.3. The molecule has 1 aromatic rings. The molecule has 0 bridgehead atoms. The summed E-state index contributed by atoms with van der Waals surface area (Å²) in [5.41, 5.74) is 7.50. The van der Waals surface area contributed by atoms with E-state index in [2.05, 4.69) is 0 Å². The molecule has 2 atom stereocenters. The highest BCUT2D eigenvalue weighted by atomic mass is 35.5. The Morgan fingerprint density at radius 2 is 1.94 bits per heavy atom. The molecule has 0 aromatic heterocycles. The lowest BCUT2D eigenvalue weighted by molar-refractivity contribution is 0.273. The minimum atomic E-state index is 0.297. The van der Waals surface area contributed by atoms with Crippen molar-refractivity contribution in [1.82, 2.24) is 0 Å². The largest absolute Gasteiger partial charge is 0.330 e. The quantitative estimate of drug-likeness (QED) is 0.885. The van der Waals surface area contributed by atoms with Crippen LogP contribution in [0.5, 0.6) is 0 Å². The van der Waals surface area contributed by atoms with Crippen LogP contribution in [0.1, 0.15) is 24.8 Å². The van der Waals surface area contributed by atoms with Gasteiger partial charge in [0.25, 0.3) is 0 Å². The Labute approximate surface area is 112 Å². The van der Waals surface area contributed by atoms with Crippen molar-refractivity contribution in [3.8, 4) is 0 Å². The summed E-state index contributed by atoms with van der Waals surface area (Å²) in [6.07, 6.45) is 5.00. The molecule has 0 radical (unpaired) electrons. The van der Waals surface area contributed by atoms with Crippen molar-refractivity contribution in [2.24, 2.45) is 23.0 Å². The summed E-state index contributed by atoms with van der Waals surface area (Å²) in [6.45, 7) is 0.777. The van der Waals surface area contributed by atoms with E-state index in [-0.39, 0.29) is 0 Å². The molecule has 2 fully saturated rings. The Morgan fingerprint density at radius 3 is 2.53 bits per heavy atom. The van der Waals surface area contributed by atoms with Crippen LogP contribution in [0.25, 0.3) is 0 Å². The summed E-state index contributed by atoms with van der Waals surface area (Å²) in [5, 5.41) is 1.49. The summed E-state index contributed by atoms with van der Waals surface area (Å²) >= 11 is 12.2. The number of nitrogens with two attached hydrogens (primary N) is 1. The fourth-order valence-corrected chi connectivity index (χ4v) is 3.93. The Balaban J connectivity index is 1.81. The molecule has 0 saturated heterocycles. The van der Waals surface area contributed by atoms with E-state index >= 15 is 0 Å². The van der Waals surface area contributed by atoms with E-state index in [4.69, 9.17) is 28.9 Å². The standard InChI is InChI=1S/C14H17Cl2N/c15-12-2-1-9(13(16)4-12)5-14(8-17)6-10-3-11(10)7-14/h1-2,4,10-11H,3,5-8,17H2. The molecule has 2 N–H and O–H groups in total. The van der Waals surface area contributed by atoms with Gasteiger partial charge in [0, 0.05) is 10.0 Å². The summed E-state index contributed by atoms with van der Waals surface area (Å²) in [7, 11) is 0. The lowest BCUT2D eigenvalue weighted by Crippen LogP contribution is -2.31. The summed E-state index contributed by atoms with van der Waals surface area (Å²) in [5.74, 6) is 1.90. The van der Waals surface area contributed by atoms with Crippen LogP contribution in [0.3, 0.4) is 0 Å². The van der Waals surface area contributed by atoms with Gasteiger partial charge in [-0.2, -0.15) is 0 Å². The van der Waals surface area contributed by atoms with Crippen LogP contribution in [0.15, 0.2) is 18.2 Å². The number of hydrogen-bond acceptors (Lipinski definition) is 1. The van der Waals surface area contributed by atoms with E-state index in [0.29, 0.717) is 10.4 Å². The van der Waals surface area contributed by atoms with Gasteiger partial charge in [-0.3, -0.25) is 0 Å². The first-order valence-electron chi connectivity index (χ1n) is 6.26. The first kappa shape index (κ1) is 11.8. The Morgan fingerprint density at radius 1 is 1.24 bits per heavy atom. The molecule has 0 spiro atoms. The third kappa shape index (κ3) is 2.21. The molecule has 2 unspecified atom stereocenters. The molecular weight excluding hydrogens is 253 g/mol. The highest BCUT2D eigenvalue weighted by Crippen LogP contribution is 2.60. The first-order valence-corrected chi connectivity index (χ1v) is 7.01. The van der Waals surface area contributed by atoms with Crippen LogP contribution < -0.4 is 5.73 Å². The molecule has 0 aliphatic heterocycles. The van der Waals surface area contributed by atoms with Crippen molar-refractivity contribution < 1.29 is 0 Å². The van der Waals surface area contributed by atoms with Gasteiger partial charge < -0.3 is 5.73 Å². The second-order valence-electron chi connectivity index (χ2n) is 5.78. The predicted octanol–water partition coefficient (Wildman–Crippen LogP) is 3.91. The number of benzene rings is 1. The van der Waals surface area contributed by atoms with Crippen molar-refractivity contribution in [1.29, 1.82) is 0 Å². The lowest BCUT2D eigenvalue weighted by atomic mass is 9.77. The van der Waals surface area contributed by atoms with Gasteiger partial charge >= 0.3 is 0 Å². The van der Waals surface area contributed by atoms with Crippen LogP contribution >= 0.6 is 23.2 Å². The topological polar surface area (TPSA) is 26.0 Å². The molecular formula is C14H17Cl2N. The van der Waals surface area contributed by atoms with Gasteiger partial charge in [-0.05, 0) is 67.2 Å². The number of fused-ring (bicyclic) bond motifs is 1. The summed E-state index contributed by atoms with van der Waals surface area (Å²) in [6, 6.07) is 5.80. The Kier molecular flexibility index (Phi) is 2.89. The third-order valence-corrected chi connectivity index (χ3v) is 5.06. The van der Waals surface area contributed by atoms with Gasteiger partial charge in [0.05, 0.1) is 0 Å². The number of halogens is 2. The number of hydrogen-bond donors (Lipinski definition) is 1. The Bertz CT molecular complexity index is 434. The van der Waals surface area contributed by atoms with E-state index in [1.165, 1.54) is 24.8 Å². The average Bonchev–Trinajstić information content (AvgIpc) is 2.91. The van der Waals surface area contributed by atoms with E-state index in [1.54, 1.807) is 0 Å². The fraction of sp³-hybridized carbons (Fsp3) is 0.571. The van der Waals surface area contributed by atoms with Crippen LogP contribution in [-0.4, -0.2) is 6.54 Å². The lowest BCUT2D eigenvalue weighted by Gasteiger charge is -2.29. The SMILES string of the molecule is NCC1(Cc2ccc(Cl)cc2Cl)CC2CC2C1. The smallest absolute Gasteiger partial charge is 0.0453 e. The van der Waals surface area contributed by atoms with Gasteiger partial charge in [-0.25, -0.2) is 0 Å². The third-order valence-electron chi connectivity index (χ3n) is 4.47. The average molecular weight is 270 g/mol. The van der Waals surface area contributed by atoms with Crippen molar-refractivity contribution in [2.45, 2.75) is 25.7 Å². The molecule has 1 aromatic carbocycles. The van der Waals surface area contributed by atoms with E-state index < -0.39 is 0 Å². The molecule has 2 saturated carbocycles. The normalized spacial score (nSPS) is 34.8. The monoisotopic (exact) mass is 269 g/mol. The molecule has 2 aliphatic rings. The second-order valence-corrected chi connectivity index (χ2v) is 6.62. The zero-order chi connectivity index (χ0) is 12.0. The van der Waals surface area contributed by atoms with Crippen molar-refractivity contribution in [3.63, 3.8) is 0 Å². The van der Waals surface area contributed by atoms with Crippen LogP contribution in [0.4, 0.5) is 0 Å². The maximum absolute atomic E-state index is 6.25. The minimum Gasteiger partial charge on any atom is -0.330 e. The minimum absolute atomic E-state index is 0.297. The molecule has 0 amide bonds. The van der Waals surface area contributed by atoms with Crippen LogP contribution in [-0.2, 0) is 6.42 Å². The Hall–Kier alpha value is -0.240. The van der Waals surface area contributed by atoms with Gasteiger partial charge in [-0.1, -0.05) is 29.3 Å². The van der Waals surface area contributed by atoms with Crippen LogP contribution in [0, 0.1) is 17.3 Å². The summed E-state index contributed by atoms with van der Waals surface area (Å²) < 4.78 is 0. The van der Waals surface area contributed by atoms with Crippen LogP contribution in [0.2, 0.25) is 10.0 Å². The van der Waals surface area contributed by atoms with E-state index in [0.717, 1.165) is 29.8 Å². The molecule has 2 aliphatic carbocycles. The molecule has 17 heavy (non-hydrogen) atoms. The van der Waals surface area contributed by atoms with E-state index in [9.17, 15) is 0 Å². The molecule has 0 heterocycles. The summed E-state index contributed by atoms with van der Waals surface area (Å²) in [4.78, 5) is 0. The van der Waals surface area contributed by atoms with Crippen molar-refractivity contribution in [2.75, 3.05) is 6.54 Å². The predicted molar refractivity (Wildman–Crippen MR) is 72.5 cm³/mol. The zero-order valence-electron chi connectivity index (χ0n) is 9.76. The van der Waals surface area contributed by atoms with Gasteiger partial charge in [0.1, 0.15) is 0 Å². The molecule has 92 valence electrons. The van der Waals surface area contributed by atoms with Gasteiger partial charge in [0.2, 0.25) is 0 Å². The van der Waals surface area contributed by atoms with Gasteiger partial charge in [0.15, 0.2) is 0 Å². The maximum atomic E-state index is 6.25. The van der Waals surface area contributed by atoms with Crippen molar-refractivity contribution in [3.05, 3.63) is 33.8 Å². The highest BCUT2D eigenvalue weighted by Gasteiger charge is 2.52. The molecule has 1 nitrogen and oxygen atoms in total. The fourth-order valence-electron chi connectivity index (χ4n) is 3.46. The molecule has 3 rings (SSSR count). The first-order chi connectivity index (χ1) is 8.12. The van der Waals surface area contributed by atoms with Crippen molar-refractivity contribution >= 4 is 23.2 Å². The highest BCUT2D eigenvalue weighted by molar-refractivity contribution is 6.35. The number of rotatable bonds is 3. The maximum Gasteiger partial charge on any atom is 0.0453 e. The van der Waals surface area contributed by atoms with E-state index in [1.807, 2.05) is 18.2 Å². The molecule has 3 heteroatoms.